The molecule has 0 saturated carbocycles. The molecule has 0 fully saturated rings. The number of hydrogen-bond donors (Lipinski definition) is 1. The zero-order valence-electron chi connectivity index (χ0n) is 9.46. The van der Waals surface area contributed by atoms with Gasteiger partial charge in [-0.3, -0.25) is 0 Å². The Hall–Kier alpha value is -1.74. The number of para-hydroxylation sites is 2. The van der Waals surface area contributed by atoms with E-state index in [-0.39, 0.29) is 0 Å². The molecule has 0 bridgehead atoms. The third kappa shape index (κ3) is 1.63. The first-order valence-corrected chi connectivity index (χ1v) is 5.92. The van der Waals surface area contributed by atoms with Crippen LogP contribution in [0.3, 0.4) is 0 Å². The topological polar surface area (TPSA) is 17.8 Å². The third-order valence-corrected chi connectivity index (χ3v) is 3.32. The summed E-state index contributed by atoms with van der Waals surface area (Å²) in [5.41, 5.74) is 3.22. The van der Waals surface area contributed by atoms with Crippen LogP contribution >= 0.6 is 12.6 Å². The fraction of sp³-hybridized carbons (Fsp3) is 0.0714. The summed E-state index contributed by atoms with van der Waals surface area (Å²) >= 11 is 4.48. The molecule has 0 aliphatic rings. The van der Waals surface area contributed by atoms with Crippen molar-refractivity contribution in [3.63, 3.8) is 0 Å². The van der Waals surface area contributed by atoms with Crippen molar-refractivity contribution < 1.29 is 0 Å². The van der Waals surface area contributed by atoms with Crippen LogP contribution in [0.15, 0.2) is 53.4 Å². The summed E-state index contributed by atoms with van der Waals surface area (Å²) in [5.74, 6) is 0.955. The lowest BCUT2D eigenvalue weighted by atomic mass is 10.2. The van der Waals surface area contributed by atoms with Crippen molar-refractivity contribution in [2.45, 2.75) is 4.90 Å². The Morgan fingerprint density at radius 3 is 2.47 bits per heavy atom. The summed E-state index contributed by atoms with van der Waals surface area (Å²) < 4.78 is 2.10. The number of nitrogens with zero attached hydrogens (tertiary/aromatic N) is 2. The van der Waals surface area contributed by atoms with Crippen LogP contribution in [0.4, 0.5) is 0 Å². The molecule has 0 aliphatic heterocycles. The maximum absolute atomic E-state index is 4.66. The number of hydrogen-bond acceptors (Lipinski definition) is 2. The van der Waals surface area contributed by atoms with Crippen molar-refractivity contribution in [3.05, 3.63) is 48.5 Å². The van der Waals surface area contributed by atoms with Gasteiger partial charge in [0.05, 0.1) is 11.0 Å². The van der Waals surface area contributed by atoms with Gasteiger partial charge in [0, 0.05) is 17.5 Å². The summed E-state index contributed by atoms with van der Waals surface area (Å²) in [5, 5.41) is 0. The molecular weight excluding hydrogens is 228 g/mol. The quantitative estimate of drug-likeness (QED) is 0.644. The van der Waals surface area contributed by atoms with Crippen LogP contribution in [-0.2, 0) is 7.05 Å². The first-order valence-electron chi connectivity index (χ1n) is 5.47. The first kappa shape index (κ1) is 10.4. The van der Waals surface area contributed by atoms with E-state index < -0.39 is 0 Å². The SMILES string of the molecule is Cn1c(-c2ccccc2S)nc2ccccc21. The molecule has 0 amide bonds. The van der Waals surface area contributed by atoms with Crippen molar-refractivity contribution in [1.29, 1.82) is 0 Å². The average molecular weight is 240 g/mol. The minimum atomic E-state index is 0.950. The lowest BCUT2D eigenvalue weighted by Gasteiger charge is -2.04. The number of aryl methyl sites for hydroxylation is 1. The van der Waals surface area contributed by atoms with Gasteiger partial charge in [-0.15, -0.1) is 12.6 Å². The summed E-state index contributed by atoms with van der Waals surface area (Å²) in [4.78, 5) is 5.61. The second kappa shape index (κ2) is 3.93. The zero-order valence-corrected chi connectivity index (χ0v) is 10.4. The van der Waals surface area contributed by atoms with Crippen LogP contribution in [0.5, 0.6) is 0 Å². The van der Waals surface area contributed by atoms with Gasteiger partial charge in [-0.05, 0) is 18.2 Å². The molecule has 3 rings (SSSR count). The highest BCUT2D eigenvalue weighted by molar-refractivity contribution is 7.80. The number of aromatic nitrogens is 2. The standard InChI is InChI=1S/C14H12N2S/c1-16-12-8-4-3-7-11(12)15-14(16)10-6-2-5-9-13(10)17/h2-9,17H,1H3. The van der Waals surface area contributed by atoms with Crippen LogP contribution in [0.25, 0.3) is 22.4 Å². The van der Waals surface area contributed by atoms with E-state index >= 15 is 0 Å². The second-order valence-corrected chi connectivity index (χ2v) is 4.48. The third-order valence-electron chi connectivity index (χ3n) is 2.93. The average Bonchev–Trinajstić information content (AvgIpc) is 2.68. The summed E-state index contributed by atoms with van der Waals surface area (Å²) in [6, 6.07) is 16.2. The molecule has 0 radical (unpaired) electrons. The number of thiol groups is 1. The van der Waals surface area contributed by atoms with Crippen molar-refractivity contribution >= 4 is 23.7 Å². The lowest BCUT2D eigenvalue weighted by molar-refractivity contribution is 0.955. The predicted octanol–water partition coefficient (Wildman–Crippen LogP) is 3.53. The fourth-order valence-electron chi connectivity index (χ4n) is 2.05. The van der Waals surface area contributed by atoms with Gasteiger partial charge in [-0.1, -0.05) is 30.3 Å². The predicted molar refractivity (Wildman–Crippen MR) is 73.4 cm³/mol. The number of imidazole rings is 1. The molecule has 0 saturated heterocycles. The molecule has 0 atom stereocenters. The van der Waals surface area contributed by atoms with Gasteiger partial charge in [-0.25, -0.2) is 4.98 Å². The van der Waals surface area contributed by atoms with E-state index in [9.17, 15) is 0 Å². The Kier molecular flexibility index (Phi) is 2.41. The molecule has 2 nitrogen and oxygen atoms in total. The maximum atomic E-state index is 4.66. The van der Waals surface area contributed by atoms with Gasteiger partial charge in [0.1, 0.15) is 5.82 Å². The number of rotatable bonds is 1. The van der Waals surface area contributed by atoms with Gasteiger partial charge < -0.3 is 4.57 Å². The van der Waals surface area contributed by atoms with Gasteiger partial charge in [0.15, 0.2) is 0 Å². The van der Waals surface area contributed by atoms with Crippen molar-refractivity contribution in [3.8, 4) is 11.4 Å². The van der Waals surface area contributed by atoms with E-state index in [2.05, 4.69) is 28.2 Å². The highest BCUT2D eigenvalue weighted by Crippen LogP contribution is 2.27. The Balaban J connectivity index is 2.32. The highest BCUT2D eigenvalue weighted by atomic mass is 32.1. The van der Waals surface area contributed by atoms with E-state index in [4.69, 9.17) is 0 Å². The number of benzene rings is 2. The molecule has 0 unspecified atom stereocenters. The van der Waals surface area contributed by atoms with Gasteiger partial charge in [-0.2, -0.15) is 0 Å². The smallest absolute Gasteiger partial charge is 0.141 e. The molecule has 3 aromatic rings. The monoisotopic (exact) mass is 240 g/mol. The molecule has 0 aliphatic carbocycles. The molecule has 0 N–H and O–H groups in total. The molecule has 1 heterocycles. The summed E-state index contributed by atoms with van der Waals surface area (Å²) in [7, 11) is 2.03. The van der Waals surface area contributed by atoms with E-state index in [1.807, 2.05) is 49.5 Å². The van der Waals surface area contributed by atoms with E-state index in [1.165, 1.54) is 0 Å². The molecule has 1 aromatic heterocycles. The normalized spacial score (nSPS) is 10.9. The Morgan fingerprint density at radius 1 is 1.00 bits per heavy atom. The van der Waals surface area contributed by atoms with E-state index in [0.29, 0.717) is 0 Å². The summed E-state index contributed by atoms with van der Waals surface area (Å²) in [6.45, 7) is 0. The lowest BCUT2D eigenvalue weighted by Crippen LogP contribution is -1.92. The van der Waals surface area contributed by atoms with Crippen LogP contribution in [0, 0.1) is 0 Å². The second-order valence-electron chi connectivity index (χ2n) is 4.00. The van der Waals surface area contributed by atoms with E-state index in [0.717, 1.165) is 27.3 Å². The minimum Gasteiger partial charge on any atom is -0.327 e. The summed E-state index contributed by atoms with van der Waals surface area (Å²) in [6.07, 6.45) is 0. The number of fused-ring (bicyclic) bond motifs is 1. The van der Waals surface area contributed by atoms with Gasteiger partial charge >= 0.3 is 0 Å². The van der Waals surface area contributed by atoms with Crippen molar-refractivity contribution in [1.82, 2.24) is 9.55 Å². The van der Waals surface area contributed by atoms with Crippen LogP contribution in [-0.4, -0.2) is 9.55 Å². The van der Waals surface area contributed by atoms with E-state index in [1.54, 1.807) is 0 Å². The van der Waals surface area contributed by atoms with Crippen LogP contribution < -0.4 is 0 Å². The fourth-order valence-corrected chi connectivity index (χ4v) is 2.31. The molecule has 17 heavy (non-hydrogen) atoms. The molecule has 84 valence electrons. The molecule has 2 aromatic carbocycles. The van der Waals surface area contributed by atoms with Gasteiger partial charge in [0.2, 0.25) is 0 Å². The zero-order chi connectivity index (χ0) is 11.8. The largest absolute Gasteiger partial charge is 0.327 e. The molecular formula is C14H12N2S. The maximum Gasteiger partial charge on any atom is 0.141 e. The van der Waals surface area contributed by atoms with Crippen molar-refractivity contribution in [2.75, 3.05) is 0 Å². The van der Waals surface area contributed by atoms with Crippen LogP contribution in [0.1, 0.15) is 0 Å². The van der Waals surface area contributed by atoms with Crippen LogP contribution in [0.2, 0.25) is 0 Å². The Bertz CT molecular complexity index is 686. The Morgan fingerprint density at radius 2 is 1.71 bits per heavy atom. The first-order chi connectivity index (χ1) is 8.27. The minimum absolute atomic E-state index is 0.950. The molecule has 0 spiro atoms. The highest BCUT2D eigenvalue weighted by Gasteiger charge is 2.10. The van der Waals surface area contributed by atoms with Crippen molar-refractivity contribution in [2.24, 2.45) is 7.05 Å². The van der Waals surface area contributed by atoms with Gasteiger partial charge in [0.25, 0.3) is 0 Å². The Labute approximate surface area is 105 Å². The molecule has 3 heteroatoms.